The maximum absolute atomic E-state index is 8.02. The molecule has 68 heavy (non-hydrogen) atoms. The first-order valence-corrected chi connectivity index (χ1v) is 25.5. The Morgan fingerprint density at radius 1 is 0.221 bits per heavy atom. The third kappa shape index (κ3) is 7.79. The third-order valence-corrected chi connectivity index (χ3v) is 16.5. The first-order valence-electron chi connectivity index (χ1n) is 23.0. The molecule has 0 aliphatic rings. The molecule has 4 heteroatoms. The van der Waals surface area contributed by atoms with Crippen LogP contribution >= 0.6 is 16.3 Å². The monoisotopic (exact) mass is 906 g/mol. The van der Waals surface area contributed by atoms with E-state index in [1.54, 1.807) is 0 Å². The minimum Gasteiger partial charge on any atom is -0.463 e. The van der Waals surface area contributed by atoms with Crippen LogP contribution in [0.15, 0.2) is 267 Å². The molecule has 322 valence electrons. The maximum atomic E-state index is 8.02. The Labute approximate surface area is 399 Å². The Bertz CT molecular complexity index is 3410. The zero-order chi connectivity index (χ0) is 45.2. The topological polar surface area (TPSA) is 18.5 Å². The summed E-state index contributed by atoms with van der Waals surface area (Å²) in [5.41, 5.74) is 6.25. The Hall–Kier alpha value is -7.86. The second-order valence-electron chi connectivity index (χ2n) is 16.9. The van der Waals surface area contributed by atoms with E-state index in [0.29, 0.717) is 0 Å². The maximum Gasteiger partial charge on any atom is 0.150 e. The van der Waals surface area contributed by atoms with E-state index in [2.05, 4.69) is 267 Å². The van der Waals surface area contributed by atoms with Crippen molar-refractivity contribution in [2.45, 2.75) is 0 Å². The lowest BCUT2D eigenvalue weighted by molar-refractivity contribution is 0.626. The Balaban J connectivity index is 1.27. The molecule has 0 aromatic heterocycles. The second-order valence-corrected chi connectivity index (χ2v) is 20.5. The lowest BCUT2D eigenvalue weighted by atomic mass is 9.85. The smallest absolute Gasteiger partial charge is 0.150 e. The highest BCUT2D eigenvalue weighted by Gasteiger charge is 2.31. The van der Waals surface area contributed by atoms with E-state index in [1.165, 1.54) is 10.8 Å². The van der Waals surface area contributed by atoms with Gasteiger partial charge in [-0.2, -0.15) is 0 Å². The van der Waals surface area contributed by atoms with Crippen LogP contribution in [0.1, 0.15) is 0 Å². The molecule has 0 aliphatic carbocycles. The predicted octanol–water partition coefficient (Wildman–Crippen LogP) is 16.2. The minimum atomic E-state index is -1.39. The van der Waals surface area contributed by atoms with Crippen molar-refractivity contribution in [3.8, 4) is 44.9 Å². The molecule has 0 N–H and O–H groups in total. The zero-order valence-electron chi connectivity index (χ0n) is 37.1. The fraction of sp³-hybridized carbons (Fsp3) is 0. The zero-order valence-corrected chi connectivity index (χ0v) is 38.9. The van der Waals surface area contributed by atoms with Gasteiger partial charge in [0.15, 0.2) is 16.3 Å². The van der Waals surface area contributed by atoms with Crippen LogP contribution in [0.4, 0.5) is 0 Å². The van der Waals surface area contributed by atoms with Gasteiger partial charge >= 0.3 is 0 Å². The van der Waals surface area contributed by atoms with Gasteiger partial charge in [-0.3, -0.25) is 0 Å². The van der Waals surface area contributed by atoms with Crippen LogP contribution in [-0.4, -0.2) is 0 Å². The van der Waals surface area contributed by atoms with Crippen LogP contribution in [-0.2, 0) is 0 Å². The molecule has 0 atom stereocenters. The summed E-state index contributed by atoms with van der Waals surface area (Å²) in [4.78, 5) is 0. The van der Waals surface area contributed by atoms with Crippen LogP contribution in [0.2, 0.25) is 0 Å². The van der Waals surface area contributed by atoms with E-state index in [9.17, 15) is 0 Å². The van der Waals surface area contributed by atoms with Gasteiger partial charge in [-0.15, -0.1) is 0 Å². The number of hydrogen-bond acceptors (Lipinski definition) is 2. The van der Waals surface area contributed by atoms with Crippen molar-refractivity contribution in [1.29, 1.82) is 0 Å². The Morgan fingerprint density at radius 3 is 0.853 bits per heavy atom. The first-order chi connectivity index (χ1) is 33.8. The predicted molar refractivity (Wildman–Crippen MR) is 292 cm³/mol. The number of hydrogen-bond donors (Lipinski definition) is 0. The fourth-order valence-electron chi connectivity index (χ4n) is 9.61. The molecule has 0 saturated carbocycles. The van der Waals surface area contributed by atoms with Crippen molar-refractivity contribution < 1.29 is 9.05 Å². The molecule has 0 aliphatic heterocycles. The van der Waals surface area contributed by atoms with Gasteiger partial charge < -0.3 is 9.05 Å². The molecule has 0 amide bonds. The van der Waals surface area contributed by atoms with Crippen molar-refractivity contribution >= 4 is 80.6 Å². The van der Waals surface area contributed by atoms with Crippen molar-refractivity contribution in [3.63, 3.8) is 0 Å². The van der Waals surface area contributed by atoms with E-state index in [0.717, 1.165) is 98.4 Å². The summed E-state index contributed by atoms with van der Waals surface area (Å²) < 4.78 is 16.0. The van der Waals surface area contributed by atoms with E-state index >= 15 is 0 Å². The highest BCUT2D eigenvalue weighted by Crippen LogP contribution is 2.57. The van der Waals surface area contributed by atoms with Crippen molar-refractivity contribution in [2.24, 2.45) is 0 Å². The third-order valence-electron chi connectivity index (χ3n) is 12.7. The highest BCUT2D eigenvalue weighted by atomic mass is 31.1. The molecular formula is C64H44O2P2. The van der Waals surface area contributed by atoms with Gasteiger partial charge in [0.05, 0.1) is 0 Å². The lowest BCUT2D eigenvalue weighted by Crippen LogP contribution is -2.17. The summed E-state index contributed by atoms with van der Waals surface area (Å²) in [5.74, 6) is 1.63. The van der Waals surface area contributed by atoms with Gasteiger partial charge in [0.1, 0.15) is 11.5 Å². The van der Waals surface area contributed by atoms with E-state index in [4.69, 9.17) is 9.05 Å². The summed E-state index contributed by atoms with van der Waals surface area (Å²) in [5, 5.41) is 13.5. The van der Waals surface area contributed by atoms with E-state index in [-0.39, 0.29) is 0 Å². The molecule has 0 saturated heterocycles. The van der Waals surface area contributed by atoms with Crippen LogP contribution in [0.25, 0.3) is 76.5 Å². The first kappa shape index (κ1) is 41.6. The van der Waals surface area contributed by atoms with Gasteiger partial charge in [-0.1, -0.05) is 255 Å². The van der Waals surface area contributed by atoms with Gasteiger partial charge in [0.2, 0.25) is 0 Å². The van der Waals surface area contributed by atoms with Gasteiger partial charge in [-0.05, 0) is 66.3 Å². The number of rotatable bonds is 11. The largest absolute Gasteiger partial charge is 0.463 e. The normalized spacial score (nSPS) is 11.5. The van der Waals surface area contributed by atoms with Crippen LogP contribution in [0.5, 0.6) is 11.5 Å². The summed E-state index contributed by atoms with van der Waals surface area (Å²) >= 11 is 0. The molecule has 0 heterocycles. The van der Waals surface area contributed by atoms with Crippen molar-refractivity contribution in [2.75, 3.05) is 0 Å². The highest BCUT2D eigenvalue weighted by molar-refractivity contribution is 7.69. The number of fused-ring (bicyclic) bond motifs is 4. The summed E-state index contributed by atoms with van der Waals surface area (Å²) in [7, 11) is -2.79. The molecule has 0 radical (unpaired) electrons. The molecule has 12 rings (SSSR count). The van der Waals surface area contributed by atoms with Gasteiger partial charge in [-0.25, -0.2) is 0 Å². The summed E-state index contributed by atoms with van der Waals surface area (Å²) in [6.45, 7) is 0. The number of benzene rings is 12. The fourth-order valence-corrected chi connectivity index (χ4v) is 13.1. The quantitative estimate of drug-likeness (QED) is 0.120. The molecule has 2 nitrogen and oxygen atoms in total. The average Bonchev–Trinajstić information content (AvgIpc) is 3.42. The molecule has 12 aromatic carbocycles. The standard InChI is InChI=1S/C64H44O2P2/c1-5-29-49(30-6-1)67(50-31-7-2-8-32-50)65-63-59(57-41-21-27-45-23-13-17-37-53(45)57)43-47-25-15-19-39-55(47)61(63)62-56-40-20-16-26-48(56)44-60(58-42-22-28-46-24-14-18-38-54(46)58)64(62)66-68(51-33-9-3-10-34-51)52-35-11-4-12-36-52/h1-44H. The molecule has 0 fully saturated rings. The molecule has 0 unspecified atom stereocenters. The van der Waals surface area contributed by atoms with Gasteiger partial charge in [0.25, 0.3) is 0 Å². The summed E-state index contributed by atoms with van der Waals surface area (Å²) in [6.07, 6.45) is 0. The van der Waals surface area contributed by atoms with Crippen molar-refractivity contribution in [1.82, 2.24) is 0 Å². The van der Waals surface area contributed by atoms with Gasteiger partial charge in [0, 0.05) is 43.5 Å². The molecule has 12 aromatic rings. The van der Waals surface area contributed by atoms with Crippen LogP contribution < -0.4 is 30.3 Å². The molecule has 0 bridgehead atoms. The van der Waals surface area contributed by atoms with Crippen molar-refractivity contribution in [3.05, 3.63) is 267 Å². The average molecular weight is 907 g/mol. The molecule has 0 spiro atoms. The Morgan fingerprint density at radius 2 is 0.500 bits per heavy atom. The van der Waals surface area contributed by atoms with E-state index in [1.807, 2.05) is 0 Å². The summed E-state index contributed by atoms with van der Waals surface area (Å²) in [6, 6.07) is 95.8. The Kier molecular flexibility index (Phi) is 11.3. The van der Waals surface area contributed by atoms with E-state index < -0.39 is 16.3 Å². The lowest BCUT2D eigenvalue weighted by Gasteiger charge is -2.29. The second kappa shape index (κ2) is 18.4. The van der Waals surface area contributed by atoms with Crippen LogP contribution in [0, 0.1) is 0 Å². The van der Waals surface area contributed by atoms with Crippen LogP contribution in [0.3, 0.4) is 0 Å². The minimum absolute atomic E-state index is 0.813. The molecular weight excluding hydrogens is 863 g/mol. The SMILES string of the molecule is c1ccc(P(Oc2c(-c3cccc4ccccc34)cc3ccccc3c2-c2c(OP(c3ccccc3)c3ccccc3)c(-c3cccc4ccccc34)cc3ccccc23)c2ccccc2)cc1.